The highest BCUT2D eigenvalue weighted by Gasteiger charge is 2.04. The number of hydrogen-bond donors (Lipinski definition) is 1. The fourth-order valence-electron chi connectivity index (χ4n) is 2.44. The second-order valence-corrected chi connectivity index (χ2v) is 6.61. The highest BCUT2D eigenvalue weighted by Crippen LogP contribution is 2.18. The van der Waals surface area contributed by atoms with Crippen molar-refractivity contribution in [3.05, 3.63) is 57.2 Å². The van der Waals surface area contributed by atoms with Crippen molar-refractivity contribution < 1.29 is 0 Å². The van der Waals surface area contributed by atoms with Crippen LogP contribution in [-0.4, -0.2) is 9.97 Å². The highest BCUT2D eigenvalue weighted by atomic mass is 32.1. The van der Waals surface area contributed by atoms with Gasteiger partial charge in [-0.1, -0.05) is 12.1 Å². The molecule has 0 amide bonds. The van der Waals surface area contributed by atoms with Crippen molar-refractivity contribution in [2.24, 2.45) is 0 Å². The lowest BCUT2D eigenvalue weighted by atomic mass is 10.1. The first-order valence-electron chi connectivity index (χ1n) is 7.12. The quantitative estimate of drug-likeness (QED) is 0.793. The molecule has 0 radical (unpaired) electrons. The van der Waals surface area contributed by atoms with Crippen LogP contribution in [-0.2, 0) is 13.1 Å². The maximum Gasteiger partial charge on any atom is 0.0900 e. The molecule has 2 heterocycles. The van der Waals surface area contributed by atoms with Gasteiger partial charge in [0.25, 0.3) is 0 Å². The molecule has 0 fully saturated rings. The number of nitrogens with one attached hydrogen (secondary N) is 1. The third-order valence-electron chi connectivity index (χ3n) is 3.51. The van der Waals surface area contributed by atoms with E-state index in [4.69, 9.17) is 0 Å². The molecule has 21 heavy (non-hydrogen) atoms. The Morgan fingerprint density at radius 2 is 1.86 bits per heavy atom. The lowest BCUT2D eigenvalue weighted by Crippen LogP contribution is -2.12. The van der Waals surface area contributed by atoms with E-state index in [9.17, 15) is 0 Å². The molecule has 3 nitrogen and oxygen atoms in total. The molecule has 0 aliphatic carbocycles. The molecule has 4 heteroatoms. The molecule has 0 unspecified atom stereocenters. The Morgan fingerprint density at radius 3 is 2.62 bits per heavy atom. The van der Waals surface area contributed by atoms with Crippen molar-refractivity contribution in [1.29, 1.82) is 0 Å². The number of benzene rings is 1. The number of thiazole rings is 1. The number of aromatic nitrogens is 2. The number of nitrogens with zero attached hydrogens (tertiary/aromatic N) is 2. The molecule has 0 saturated carbocycles. The van der Waals surface area contributed by atoms with Crippen LogP contribution in [0.2, 0.25) is 0 Å². The monoisotopic (exact) mass is 297 g/mol. The van der Waals surface area contributed by atoms with Crippen molar-refractivity contribution >= 4 is 22.2 Å². The Morgan fingerprint density at radius 1 is 1.00 bits per heavy atom. The second-order valence-electron chi connectivity index (χ2n) is 5.32. The van der Waals surface area contributed by atoms with E-state index in [1.165, 1.54) is 15.8 Å². The zero-order valence-electron chi connectivity index (χ0n) is 12.6. The molecule has 1 aromatic carbocycles. The van der Waals surface area contributed by atoms with Crippen LogP contribution in [0.15, 0.2) is 30.3 Å². The van der Waals surface area contributed by atoms with Crippen LogP contribution < -0.4 is 5.32 Å². The lowest BCUT2D eigenvalue weighted by Gasteiger charge is -2.06. The van der Waals surface area contributed by atoms with Crippen molar-refractivity contribution in [1.82, 2.24) is 15.3 Å². The van der Waals surface area contributed by atoms with Gasteiger partial charge in [0.1, 0.15) is 0 Å². The summed E-state index contributed by atoms with van der Waals surface area (Å²) >= 11 is 1.77. The lowest BCUT2D eigenvalue weighted by molar-refractivity contribution is 0.697. The minimum atomic E-state index is 0.861. The standard InChI is InChI=1S/C17H19N3S/c1-11-4-6-15-8-14(5-7-16(15)19-11)9-18-10-17-12(2)20-13(3)21-17/h4-8,18H,9-10H2,1-3H3. The zero-order valence-corrected chi connectivity index (χ0v) is 13.4. The van der Waals surface area contributed by atoms with Crippen LogP contribution in [0, 0.1) is 20.8 Å². The third kappa shape index (κ3) is 3.28. The first-order valence-corrected chi connectivity index (χ1v) is 7.93. The van der Waals surface area contributed by atoms with Crippen molar-refractivity contribution in [3.63, 3.8) is 0 Å². The summed E-state index contributed by atoms with van der Waals surface area (Å²) in [4.78, 5) is 10.3. The van der Waals surface area contributed by atoms with E-state index >= 15 is 0 Å². The molecule has 0 aliphatic rings. The van der Waals surface area contributed by atoms with E-state index < -0.39 is 0 Å². The van der Waals surface area contributed by atoms with E-state index in [0.29, 0.717) is 0 Å². The normalized spacial score (nSPS) is 11.2. The minimum absolute atomic E-state index is 0.861. The van der Waals surface area contributed by atoms with Gasteiger partial charge in [0, 0.05) is 29.0 Å². The smallest absolute Gasteiger partial charge is 0.0900 e. The molecule has 0 saturated heterocycles. The number of aryl methyl sites for hydroxylation is 3. The fraction of sp³-hybridized carbons (Fsp3) is 0.294. The number of rotatable bonds is 4. The van der Waals surface area contributed by atoms with Gasteiger partial charge in [0.2, 0.25) is 0 Å². The molecule has 0 spiro atoms. The maximum atomic E-state index is 4.53. The molecule has 108 valence electrons. The molecular weight excluding hydrogens is 278 g/mol. The van der Waals surface area contributed by atoms with Crippen LogP contribution in [0.1, 0.15) is 26.8 Å². The van der Waals surface area contributed by atoms with Gasteiger partial charge in [-0.15, -0.1) is 11.3 Å². The van der Waals surface area contributed by atoms with Gasteiger partial charge in [0.15, 0.2) is 0 Å². The molecular formula is C17H19N3S. The van der Waals surface area contributed by atoms with Gasteiger partial charge in [-0.3, -0.25) is 4.98 Å². The van der Waals surface area contributed by atoms with E-state index in [2.05, 4.69) is 59.5 Å². The fourth-order valence-corrected chi connectivity index (χ4v) is 3.35. The third-order valence-corrected chi connectivity index (χ3v) is 4.58. The zero-order chi connectivity index (χ0) is 14.8. The maximum absolute atomic E-state index is 4.53. The van der Waals surface area contributed by atoms with Crippen molar-refractivity contribution in [2.75, 3.05) is 0 Å². The Hall–Kier alpha value is -1.78. The summed E-state index contributed by atoms with van der Waals surface area (Å²) in [5.74, 6) is 0. The summed E-state index contributed by atoms with van der Waals surface area (Å²) < 4.78 is 0. The summed E-state index contributed by atoms with van der Waals surface area (Å²) in [5, 5.41) is 5.83. The van der Waals surface area contributed by atoms with E-state index in [0.717, 1.165) is 35.0 Å². The topological polar surface area (TPSA) is 37.8 Å². The van der Waals surface area contributed by atoms with Gasteiger partial charge in [-0.2, -0.15) is 0 Å². The number of hydrogen-bond acceptors (Lipinski definition) is 4. The van der Waals surface area contributed by atoms with E-state index in [1.807, 2.05) is 6.92 Å². The number of pyridine rings is 1. The average molecular weight is 297 g/mol. The van der Waals surface area contributed by atoms with Gasteiger partial charge in [0.05, 0.1) is 16.2 Å². The summed E-state index contributed by atoms with van der Waals surface area (Å²) in [5.41, 5.74) is 4.55. The molecule has 2 aromatic heterocycles. The van der Waals surface area contributed by atoms with E-state index in [-0.39, 0.29) is 0 Å². The van der Waals surface area contributed by atoms with Gasteiger partial charge >= 0.3 is 0 Å². The van der Waals surface area contributed by atoms with Crippen molar-refractivity contribution in [2.45, 2.75) is 33.9 Å². The van der Waals surface area contributed by atoms with Gasteiger partial charge in [-0.25, -0.2) is 4.98 Å². The summed E-state index contributed by atoms with van der Waals surface area (Å²) in [7, 11) is 0. The van der Waals surface area contributed by atoms with Crippen LogP contribution >= 0.6 is 11.3 Å². The second kappa shape index (κ2) is 5.92. The van der Waals surface area contributed by atoms with Gasteiger partial charge in [-0.05, 0) is 44.5 Å². The molecule has 1 N–H and O–H groups in total. The largest absolute Gasteiger partial charge is 0.308 e. The van der Waals surface area contributed by atoms with Crippen LogP contribution in [0.4, 0.5) is 0 Å². The minimum Gasteiger partial charge on any atom is -0.308 e. The predicted octanol–water partition coefficient (Wildman–Crippen LogP) is 3.91. The Bertz CT molecular complexity index is 777. The summed E-state index contributed by atoms with van der Waals surface area (Å²) in [6.45, 7) is 7.89. The summed E-state index contributed by atoms with van der Waals surface area (Å²) in [6.07, 6.45) is 0. The van der Waals surface area contributed by atoms with Gasteiger partial charge < -0.3 is 5.32 Å². The Labute approximate surface area is 129 Å². The van der Waals surface area contributed by atoms with Crippen LogP contribution in [0.25, 0.3) is 10.9 Å². The van der Waals surface area contributed by atoms with Crippen LogP contribution in [0.5, 0.6) is 0 Å². The molecule has 0 aliphatic heterocycles. The number of fused-ring (bicyclic) bond motifs is 1. The Kier molecular flexibility index (Phi) is 3.99. The Balaban J connectivity index is 1.68. The molecule has 3 aromatic rings. The first-order chi connectivity index (χ1) is 10.1. The average Bonchev–Trinajstić information content (AvgIpc) is 2.77. The van der Waals surface area contributed by atoms with Crippen molar-refractivity contribution in [3.8, 4) is 0 Å². The highest BCUT2D eigenvalue weighted by molar-refractivity contribution is 7.11. The summed E-state index contributed by atoms with van der Waals surface area (Å²) in [6, 6.07) is 10.6. The SMILES string of the molecule is Cc1ccc2cc(CNCc3sc(C)nc3C)ccc2n1. The predicted molar refractivity (Wildman–Crippen MR) is 88.6 cm³/mol. The van der Waals surface area contributed by atoms with E-state index in [1.54, 1.807) is 11.3 Å². The molecule has 3 rings (SSSR count). The molecule has 0 atom stereocenters. The van der Waals surface area contributed by atoms with Crippen LogP contribution in [0.3, 0.4) is 0 Å². The first kappa shape index (κ1) is 14.2. The molecule has 0 bridgehead atoms.